The molecule has 0 aromatic rings. The highest BCUT2D eigenvalue weighted by atomic mass is 32.2. The molecule has 9 atom stereocenters. The molecule has 1 N–H and O–H groups in total. The minimum atomic E-state index is -2.93. The fraction of sp³-hybridized carbons (Fsp3) is 0.917. The molecule has 31 heavy (non-hydrogen) atoms. The summed E-state index contributed by atoms with van der Waals surface area (Å²) in [6, 6.07) is 0. The van der Waals surface area contributed by atoms with Crippen molar-refractivity contribution in [2.24, 2.45) is 44.4 Å². The van der Waals surface area contributed by atoms with Crippen molar-refractivity contribution in [3.05, 3.63) is 11.2 Å². The van der Waals surface area contributed by atoms with Crippen molar-refractivity contribution in [1.29, 1.82) is 0 Å². The van der Waals surface area contributed by atoms with Gasteiger partial charge in [-0.1, -0.05) is 32.2 Å². The normalized spacial score (nSPS) is 49.1. The van der Waals surface area contributed by atoms with E-state index in [4.69, 9.17) is 14.3 Å². The topological polar surface area (TPSA) is 68.1 Å². The second kappa shape index (κ2) is 7.96. The molecule has 0 amide bonds. The van der Waals surface area contributed by atoms with Gasteiger partial charge in [-0.25, -0.2) is 0 Å². The van der Waals surface area contributed by atoms with Crippen LogP contribution in [0.1, 0.15) is 85.5 Å². The molecule has 1 heterocycles. The first-order valence-corrected chi connectivity index (χ1v) is 14.9. The molecule has 5 aliphatic rings. The number of nitrogens with zero attached hydrogens (tertiary/aromatic N) is 1. The zero-order valence-corrected chi connectivity index (χ0v) is 21.4. The van der Waals surface area contributed by atoms with Crippen LogP contribution in [0.2, 0.25) is 0 Å². The van der Waals surface area contributed by atoms with Gasteiger partial charge in [0, 0.05) is 10.7 Å². The predicted molar refractivity (Wildman–Crippen MR) is 125 cm³/mol. The zero-order chi connectivity index (χ0) is 22.0. The number of hydrogen-bond donors (Lipinski definition) is 1. The SMILES string of the molecule is CC1(C)CC[C@@]2(C)C(CC[C@@H]3C2CC[C@@]2(C)C3CC[C@@H]2S2=NOC(CO[PH](=O)O)=C2)C1. The van der Waals surface area contributed by atoms with E-state index < -0.39 is 8.25 Å². The molecule has 4 saturated carbocycles. The first kappa shape index (κ1) is 22.6. The van der Waals surface area contributed by atoms with E-state index in [-0.39, 0.29) is 17.3 Å². The van der Waals surface area contributed by atoms with E-state index in [1.807, 2.05) is 0 Å². The van der Waals surface area contributed by atoms with E-state index in [2.05, 4.69) is 37.6 Å². The van der Waals surface area contributed by atoms with Crippen molar-refractivity contribution in [2.45, 2.75) is 90.7 Å². The van der Waals surface area contributed by atoms with E-state index in [0.717, 1.165) is 23.7 Å². The van der Waals surface area contributed by atoms with Crippen LogP contribution in [-0.2, 0) is 24.6 Å². The molecule has 0 spiro atoms. The standard InChI is InChI=1S/C24H40NO4PS/c1-22(2)11-12-23(3)16(13-22)5-6-18-19-7-8-21(24(19,4)10-9-20(18)23)31-15-17(29-25-31)14-28-30(26)27/h15-16,18-21,30H,5-14H2,1-4H3,(H,26,27)/t16?,18-,19?,20?,21-,23-,24-,31?/m0/s1. The maximum absolute atomic E-state index is 10.9. The summed E-state index contributed by atoms with van der Waals surface area (Å²) in [6.45, 7) is 10.2. The Bertz CT molecular complexity index is 828. The van der Waals surface area contributed by atoms with Crippen LogP contribution in [0.5, 0.6) is 0 Å². The second-order valence-corrected chi connectivity index (χ2v) is 14.8. The fourth-order valence-corrected chi connectivity index (χ4v) is 10.9. The molecule has 5 unspecified atom stereocenters. The highest BCUT2D eigenvalue weighted by Gasteiger charge is 2.61. The fourth-order valence-electron chi connectivity index (χ4n) is 8.58. The Morgan fingerprint density at radius 3 is 2.65 bits per heavy atom. The van der Waals surface area contributed by atoms with Crippen LogP contribution in [0, 0.1) is 39.9 Å². The Morgan fingerprint density at radius 1 is 1.10 bits per heavy atom. The highest BCUT2D eigenvalue weighted by molar-refractivity contribution is 7.91. The first-order valence-electron chi connectivity index (χ1n) is 12.3. The summed E-state index contributed by atoms with van der Waals surface area (Å²) in [6.07, 6.45) is 12.4. The average molecular weight is 470 g/mol. The van der Waals surface area contributed by atoms with E-state index >= 15 is 0 Å². The third-order valence-electron chi connectivity index (χ3n) is 10.2. The predicted octanol–water partition coefficient (Wildman–Crippen LogP) is 6.41. The molecule has 5 rings (SSSR count). The van der Waals surface area contributed by atoms with Crippen molar-refractivity contribution in [3.8, 4) is 0 Å². The van der Waals surface area contributed by atoms with Crippen molar-refractivity contribution >= 4 is 18.9 Å². The van der Waals surface area contributed by atoms with Crippen molar-refractivity contribution in [2.75, 3.05) is 6.61 Å². The smallest absolute Gasteiger partial charge is 0.317 e. The van der Waals surface area contributed by atoms with E-state index in [1.54, 1.807) is 0 Å². The number of fused-ring (bicyclic) bond motifs is 5. The summed E-state index contributed by atoms with van der Waals surface area (Å²) in [5, 5.41) is 2.62. The van der Waals surface area contributed by atoms with Crippen LogP contribution in [0.25, 0.3) is 0 Å². The molecular weight excluding hydrogens is 429 g/mol. The van der Waals surface area contributed by atoms with Crippen molar-refractivity contribution in [1.82, 2.24) is 0 Å². The Hall–Kier alpha value is -0.160. The monoisotopic (exact) mass is 469 g/mol. The lowest BCUT2D eigenvalue weighted by Gasteiger charge is -2.62. The Morgan fingerprint density at radius 2 is 1.87 bits per heavy atom. The Balaban J connectivity index is 1.33. The average Bonchev–Trinajstić information content (AvgIpc) is 3.30. The minimum absolute atomic E-state index is 0.0505. The van der Waals surface area contributed by atoms with Gasteiger partial charge in [0.2, 0.25) is 0 Å². The summed E-state index contributed by atoms with van der Waals surface area (Å²) in [5.74, 6) is 4.12. The molecule has 0 saturated heterocycles. The van der Waals surface area contributed by atoms with Crippen molar-refractivity contribution in [3.63, 3.8) is 0 Å². The van der Waals surface area contributed by atoms with Gasteiger partial charge in [0.25, 0.3) is 0 Å². The zero-order valence-electron chi connectivity index (χ0n) is 19.6. The summed E-state index contributed by atoms with van der Waals surface area (Å²) < 4.78 is 20.2. The van der Waals surface area contributed by atoms with Crippen LogP contribution in [0.3, 0.4) is 0 Å². The number of hydrogen-bond acceptors (Lipinski definition) is 4. The lowest BCUT2D eigenvalue weighted by molar-refractivity contribution is -0.120. The molecule has 5 nitrogen and oxygen atoms in total. The molecule has 4 aliphatic carbocycles. The van der Waals surface area contributed by atoms with Gasteiger partial charge in [-0.2, -0.15) is 0 Å². The van der Waals surface area contributed by atoms with Crippen LogP contribution in [0.15, 0.2) is 15.7 Å². The van der Waals surface area contributed by atoms with Crippen molar-refractivity contribution < 1.29 is 18.8 Å². The van der Waals surface area contributed by atoms with Gasteiger partial charge in [0.15, 0.2) is 5.76 Å². The van der Waals surface area contributed by atoms with Gasteiger partial charge in [-0.05, 0) is 108 Å². The third kappa shape index (κ3) is 3.82. The molecule has 0 aromatic carbocycles. The molecular formula is C24H40NO4PS. The summed E-state index contributed by atoms with van der Waals surface area (Å²) in [4.78, 5) is 14.4. The summed E-state index contributed by atoms with van der Waals surface area (Å²) >= 11 is 0. The number of rotatable bonds is 4. The quantitative estimate of drug-likeness (QED) is 0.483. The summed E-state index contributed by atoms with van der Waals surface area (Å²) in [5.41, 5.74) is 1.42. The molecule has 0 radical (unpaired) electrons. The van der Waals surface area contributed by atoms with Gasteiger partial charge in [-0.15, -0.1) is 0 Å². The van der Waals surface area contributed by atoms with Crippen LogP contribution < -0.4 is 0 Å². The molecule has 176 valence electrons. The lowest BCUT2D eigenvalue weighted by Crippen LogP contribution is -2.54. The van der Waals surface area contributed by atoms with Crippen LogP contribution in [0.4, 0.5) is 0 Å². The van der Waals surface area contributed by atoms with Gasteiger partial charge >= 0.3 is 8.25 Å². The van der Waals surface area contributed by atoms with Gasteiger partial charge < -0.3 is 14.3 Å². The Labute approximate surface area is 190 Å². The molecule has 0 bridgehead atoms. The summed E-state index contributed by atoms with van der Waals surface area (Å²) in [7, 11) is -3.19. The van der Waals surface area contributed by atoms with E-state index in [1.165, 1.54) is 57.8 Å². The Kier molecular flexibility index (Phi) is 5.81. The van der Waals surface area contributed by atoms with E-state index in [9.17, 15) is 4.57 Å². The maximum atomic E-state index is 10.9. The lowest BCUT2D eigenvalue weighted by atomic mass is 9.43. The maximum Gasteiger partial charge on any atom is 0.317 e. The van der Waals surface area contributed by atoms with Gasteiger partial charge in [-0.3, -0.25) is 4.57 Å². The highest BCUT2D eigenvalue weighted by Crippen LogP contribution is 2.68. The van der Waals surface area contributed by atoms with Crippen LogP contribution >= 0.6 is 8.25 Å². The molecule has 7 heteroatoms. The minimum Gasteiger partial charge on any atom is -0.352 e. The second-order valence-electron chi connectivity index (χ2n) is 12.3. The first-order chi connectivity index (χ1) is 14.6. The van der Waals surface area contributed by atoms with E-state index in [0.29, 0.717) is 27.3 Å². The molecule has 1 aliphatic heterocycles. The molecule has 0 aromatic heterocycles. The van der Waals surface area contributed by atoms with Crippen LogP contribution in [-0.4, -0.2) is 16.8 Å². The molecule has 4 fully saturated rings. The van der Waals surface area contributed by atoms with Gasteiger partial charge in [0.05, 0.1) is 0 Å². The third-order valence-corrected chi connectivity index (χ3v) is 12.7. The van der Waals surface area contributed by atoms with Gasteiger partial charge in [0.1, 0.15) is 6.61 Å². The largest absolute Gasteiger partial charge is 0.352 e.